The Morgan fingerprint density at radius 3 is 2.70 bits per heavy atom. The predicted octanol–water partition coefficient (Wildman–Crippen LogP) is 3.90. The van der Waals surface area contributed by atoms with E-state index in [2.05, 4.69) is 23.1 Å². The fraction of sp³-hybridized carbons (Fsp3) is 0.400. The molecule has 30 heavy (non-hydrogen) atoms. The maximum absolute atomic E-state index is 12.1. The zero-order chi connectivity index (χ0) is 21.1. The van der Waals surface area contributed by atoms with Crippen molar-refractivity contribution in [1.82, 2.24) is 9.88 Å². The zero-order valence-corrected chi connectivity index (χ0v) is 17.6. The van der Waals surface area contributed by atoms with Gasteiger partial charge >= 0.3 is 5.97 Å². The molecule has 1 atom stereocenters. The normalized spacial score (nSPS) is 17.4. The first-order valence-electron chi connectivity index (χ1n) is 10.7. The highest BCUT2D eigenvalue weighted by Crippen LogP contribution is 2.38. The summed E-state index contributed by atoms with van der Waals surface area (Å²) in [5.41, 5.74) is 8.07. The smallest absolute Gasteiger partial charge is 0.323 e. The molecule has 4 rings (SSSR count). The van der Waals surface area contributed by atoms with Gasteiger partial charge in [-0.25, -0.2) is 0 Å². The lowest BCUT2D eigenvalue weighted by molar-refractivity contribution is -0.149. The van der Waals surface area contributed by atoms with Crippen molar-refractivity contribution in [1.29, 1.82) is 5.26 Å². The number of benzene rings is 1. The highest BCUT2D eigenvalue weighted by atomic mass is 16.5. The Morgan fingerprint density at radius 1 is 1.20 bits per heavy atom. The molecule has 5 nitrogen and oxygen atoms in total. The molecule has 1 aromatic heterocycles. The lowest BCUT2D eigenvalue weighted by atomic mass is 9.88. The van der Waals surface area contributed by atoms with Crippen molar-refractivity contribution in [3.05, 3.63) is 70.0 Å². The van der Waals surface area contributed by atoms with Gasteiger partial charge in [0.25, 0.3) is 0 Å². The number of hydrogen-bond acceptors (Lipinski definition) is 5. The molecule has 1 aromatic carbocycles. The quantitative estimate of drug-likeness (QED) is 0.730. The van der Waals surface area contributed by atoms with Gasteiger partial charge < -0.3 is 4.74 Å². The van der Waals surface area contributed by atoms with Gasteiger partial charge in [-0.2, -0.15) is 5.26 Å². The molecule has 1 unspecified atom stereocenters. The van der Waals surface area contributed by atoms with Crippen LogP contribution in [-0.2, 0) is 22.4 Å². The third-order valence-electron chi connectivity index (χ3n) is 6.23. The maximum Gasteiger partial charge on any atom is 0.323 e. The van der Waals surface area contributed by atoms with Crippen molar-refractivity contribution >= 4 is 11.5 Å². The van der Waals surface area contributed by atoms with Gasteiger partial charge in [-0.15, -0.1) is 0 Å². The van der Waals surface area contributed by atoms with Crippen molar-refractivity contribution in [2.24, 2.45) is 0 Å². The molecule has 0 amide bonds. The number of carbonyl (C=O) groups excluding carboxylic acids is 1. The summed E-state index contributed by atoms with van der Waals surface area (Å²) in [7, 11) is 0. The first-order chi connectivity index (χ1) is 14.6. The number of hydrogen-bond donors (Lipinski definition) is 0. The Kier molecular flexibility index (Phi) is 5.96. The van der Waals surface area contributed by atoms with Crippen LogP contribution in [0.15, 0.2) is 42.1 Å². The fourth-order valence-corrected chi connectivity index (χ4v) is 4.58. The summed E-state index contributed by atoms with van der Waals surface area (Å²) >= 11 is 0. The molecule has 0 bridgehead atoms. The molecular formula is C25H27N3O2. The van der Waals surface area contributed by atoms with Gasteiger partial charge in [0.05, 0.1) is 23.9 Å². The summed E-state index contributed by atoms with van der Waals surface area (Å²) in [5.74, 6) is -0.149. The van der Waals surface area contributed by atoms with E-state index in [1.165, 1.54) is 27.8 Å². The number of pyridine rings is 1. The lowest BCUT2D eigenvalue weighted by Crippen LogP contribution is -2.43. The van der Waals surface area contributed by atoms with Crippen LogP contribution in [0.4, 0.5) is 0 Å². The Balaban J connectivity index is 1.71. The summed E-state index contributed by atoms with van der Waals surface area (Å²) < 4.78 is 5.20. The molecule has 2 heterocycles. The molecule has 0 radical (unpaired) electrons. The van der Waals surface area contributed by atoms with Gasteiger partial charge in [0.1, 0.15) is 6.04 Å². The SMILES string of the molecule is CCOC(=O)C(C)N1CCC(=C2c3ccc(C#N)cc3CCc3cccnc32)CC1. The van der Waals surface area contributed by atoms with E-state index in [1.807, 2.05) is 38.2 Å². The van der Waals surface area contributed by atoms with Crippen LogP contribution in [0.1, 0.15) is 54.6 Å². The van der Waals surface area contributed by atoms with E-state index in [1.54, 1.807) is 0 Å². The maximum atomic E-state index is 12.1. The van der Waals surface area contributed by atoms with Crippen LogP contribution in [0, 0.1) is 11.3 Å². The summed E-state index contributed by atoms with van der Waals surface area (Å²) in [4.78, 5) is 19.1. The van der Waals surface area contributed by atoms with E-state index >= 15 is 0 Å². The van der Waals surface area contributed by atoms with Gasteiger partial charge in [0, 0.05) is 24.9 Å². The van der Waals surface area contributed by atoms with Crippen molar-refractivity contribution in [2.75, 3.05) is 19.7 Å². The Bertz CT molecular complexity index is 1020. The van der Waals surface area contributed by atoms with Gasteiger partial charge in [-0.3, -0.25) is 14.7 Å². The molecule has 154 valence electrons. The number of ether oxygens (including phenoxy) is 1. The van der Waals surface area contributed by atoms with Crippen molar-refractivity contribution in [2.45, 2.75) is 45.6 Å². The third-order valence-corrected chi connectivity index (χ3v) is 6.23. The molecular weight excluding hydrogens is 374 g/mol. The number of carbonyl (C=O) groups is 1. The number of likely N-dealkylation sites (tertiary alicyclic amines) is 1. The van der Waals surface area contributed by atoms with Crippen LogP contribution in [0.3, 0.4) is 0 Å². The number of fused-ring (bicyclic) bond motifs is 2. The molecule has 1 fully saturated rings. The molecule has 1 saturated heterocycles. The topological polar surface area (TPSA) is 66.2 Å². The molecule has 2 aliphatic rings. The number of piperidine rings is 1. The first-order valence-corrected chi connectivity index (χ1v) is 10.7. The second-order valence-corrected chi connectivity index (χ2v) is 7.94. The van der Waals surface area contributed by atoms with Crippen LogP contribution in [0.25, 0.3) is 5.57 Å². The first kappa shape index (κ1) is 20.3. The summed E-state index contributed by atoms with van der Waals surface area (Å²) in [6, 6.07) is 12.2. The largest absolute Gasteiger partial charge is 0.465 e. The van der Waals surface area contributed by atoms with Gasteiger partial charge in [-0.1, -0.05) is 17.7 Å². The number of esters is 1. The monoisotopic (exact) mass is 401 g/mol. The van der Waals surface area contributed by atoms with E-state index in [4.69, 9.17) is 9.72 Å². The van der Waals surface area contributed by atoms with Crippen LogP contribution in [0.2, 0.25) is 0 Å². The van der Waals surface area contributed by atoms with E-state index in [0.29, 0.717) is 12.2 Å². The number of rotatable bonds is 3. The minimum atomic E-state index is -0.221. The van der Waals surface area contributed by atoms with Gasteiger partial charge in [-0.05, 0) is 74.4 Å². The Hall–Kier alpha value is -2.97. The minimum absolute atomic E-state index is 0.149. The Labute approximate surface area is 178 Å². The van der Waals surface area contributed by atoms with Gasteiger partial charge in [0.2, 0.25) is 0 Å². The highest BCUT2D eigenvalue weighted by Gasteiger charge is 2.29. The van der Waals surface area contributed by atoms with E-state index < -0.39 is 0 Å². The van der Waals surface area contributed by atoms with E-state index in [0.717, 1.165) is 44.5 Å². The standard InChI is InChI=1S/C25H27N3O2/c1-3-30-25(29)17(2)28-13-10-19(11-14-28)23-22-9-6-18(16-26)15-21(22)8-7-20-5-4-12-27-24(20)23/h4-6,9,12,15,17H,3,7-8,10-11,13-14H2,1-2H3. The molecule has 0 spiro atoms. The second kappa shape index (κ2) is 8.81. The highest BCUT2D eigenvalue weighted by molar-refractivity contribution is 5.84. The fourth-order valence-electron chi connectivity index (χ4n) is 4.58. The Morgan fingerprint density at radius 2 is 1.97 bits per heavy atom. The number of aryl methyl sites for hydroxylation is 2. The predicted molar refractivity (Wildman–Crippen MR) is 116 cm³/mol. The zero-order valence-electron chi connectivity index (χ0n) is 17.6. The lowest BCUT2D eigenvalue weighted by Gasteiger charge is -2.33. The van der Waals surface area contributed by atoms with Crippen LogP contribution in [-0.4, -0.2) is 41.6 Å². The second-order valence-electron chi connectivity index (χ2n) is 7.94. The summed E-state index contributed by atoms with van der Waals surface area (Å²) in [5, 5.41) is 9.34. The van der Waals surface area contributed by atoms with Crippen LogP contribution in [0.5, 0.6) is 0 Å². The number of nitrogens with zero attached hydrogens (tertiary/aromatic N) is 3. The number of nitriles is 1. The van der Waals surface area contributed by atoms with Crippen molar-refractivity contribution < 1.29 is 9.53 Å². The summed E-state index contributed by atoms with van der Waals surface area (Å²) in [6.45, 7) is 5.84. The molecule has 1 aliphatic carbocycles. The summed E-state index contributed by atoms with van der Waals surface area (Å²) in [6.07, 6.45) is 5.50. The molecule has 0 N–H and O–H groups in total. The molecule has 5 heteroatoms. The average Bonchev–Trinajstić information content (AvgIpc) is 2.95. The van der Waals surface area contributed by atoms with E-state index in [-0.39, 0.29) is 12.0 Å². The van der Waals surface area contributed by atoms with Crippen molar-refractivity contribution in [3.8, 4) is 6.07 Å². The van der Waals surface area contributed by atoms with Crippen LogP contribution >= 0.6 is 0 Å². The molecule has 2 aromatic rings. The van der Waals surface area contributed by atoms with Crippen LogP contribution < -0.4 is 0 Å². The average molecular weight is 402 g/mol. The third kappa shape index (κ3) is 3.88. The van der Waals surface area contributed by atoms with Gasteiger partial charge in [0.15, 0.2) is 0 Å². The molecule has 0 saturated carbocycles. The van der Waals surface area contributed by atoms with E-state index in [9.17, 15) is 10.1 Å². The number of aromatic nitrogens is 1. The van der Waals surface area contributed by atoms with Crippen molar-refractivity contribution in [3.63, 3.8) is 0 Å². The minimum Gasteiger partial charge on any atom is -0.465 e. The molecule has 1 aliphatic heterocycles.